The van der Waals surface area contributed by atoms with Crippen molar-refractivity contribution in [1.82, 2.24) is 0 Å². The predicted octanol–water partition coefficient (Wildman–Crippen LogP) is 3.51. The first kappa shape index (κ1) is 9.37. The van der Waals surface area contributed by atoms with Gasteiger partial charge in [-0.05, 0) is 22.4 Å². The summed E-state index contributed by atoms with van der Waals surface area (Å²) in [5, 5.41) is -0.454. The molecule has 0 amide bonds. The molecular formula is C5H6BrClF2. The van der Waals surface area contributed by atoms with Gasteiger partial charge in [0, 0.05) is 0 Å². The van der Waals surface area contributed by atoms with E-state index in [4.69, 9.17) is 11.6 Å². The minimum Gasteiger partial charge on any atom is -0.187 e. The molecule has 0 unspecified atom stereocenters. The highest BCUT2D eigenvalue weighted by Gasteiger charge is 2.27. The highest BCUT2D eigenvalue weighted by Crippen LogP contribution is 2.33. The Morgan fingerprint density at radius 2 is 2.22 bits per heavy atom. The van der Waals surface area contributed by atoms with Crippen LogP contribution in [0.4, 0.5) is 8.78 Å². The highest BCUT2D eigenvalue weighted by atomic mass is 79.9. The van der Waals surface area contributed by atoms with Gasteiger partial charge in [0.1, 0.15) is 0 Å². The van der Waals surface area contributed by atoms with Crippen molar-refractivity contribution in [2.45, 2.75) is 18.2 Å². The number of hydrogen-bond donors (Lipinski definition) is 0. The highest BCUT2D eigenvalue weighted by molar-refractivity contribution is 9.10. The maximum atomic E-state index is 12.0. The number of alkyl halides is 3. The first-order valence-electron chi connectivity index (χ1n) is 2.41. The third-order valence-electron chi connectivity index (χ3n) is 0.654. The van der Waals surface area contributed by atoms with Crippen molar-refractivity contribution in [3.8, 4) is 0 Å². The molecule has 54 valence electrons. The molecule has 0 fully saturated rings. The Balaban J connectivity index is 4.03. The maximum Gasteiger partial charge on any atom is 0.336 e. The average Bonchev–Trinajstić information content (AvgIpc) is 1.64. The van der Waals surface area contributed by atoms with E-state index in [-0.39, 0.29) is 0 Å². The van der Waals surface area contributed by atoms with Crippen molar-refractivity contribution in [3.63, 3.8) is 0 Å². The lowest BCUT2D eigenvalue weighted by molar-refractivity contribution is 0.165. The van der Waals surface area contributed by atoms with E-state index in [0.29, 0.717) is 6.42 Å². The lowest BCUT2D eigenvalue weighted by atomic mass is 10.4. The van der Waals surface area contributed by atoms with Gasteiger partial charge in [0.2, 0.25) is 0 Å². The zero-order valence-corrected chi connectivity index (χ0v) is 7.14. The van der Waals surface area contributed by atoms with Gasteiger partial charge in [-0.15, -0.1) is 0 Å². The van der Waals surface area contributed by atoms with E-state index in [9.17, 15) is 8.78 Å². The monoisotopic (exact) mass is 218 g/mol. The largest absolute Gasteiger partial charge is 0.336 e. The van der Waals surface area contributed by atoms with Gasteiger partial charge in [-0.25, -0.2) is 0 Å². The molecule has 0 heterocycles. The molecule has 0 saturated heterocycles. The van der Waals surface area contributed by atoms with Crippen LogP contribution in [0.2, 0.25) is 0 Å². The third-order valence-corrected chi connectivity index (χ3v) is 1.70. The molecule has 0 saturated carbocycles. The molecule has 0 aromatic rings. The summed E-state index contributed by atoms with van der Waals surface area (Å²) in [7, 11) is 0. The first-order chi connectivity index (χ1) is 3.98. The molecule has 0 rings (SSSR count). The molecule has 0 radical (unpaired) electrons. The molecule has 0 aliphatic carbocycles. The summed E-state index contributed by atoms with van der Waals surface area (Å²) in [6, 6.07) is 0. The molecule has 0 aliphatic rings. The Morgan fingerprint density at radius 1 is 1.78 bits per heavy atom. The van der Waals surface area contributed by atoms with E-state index in [0.717, 1.165) is 0 Å². The Bertz CT molecular complexity index is 117. The normalized spacial score (nSPS) is 14.1. The van der Waals surface area contributed by atoms with Crippen LogP contribution in [0.3, 0.4) is 0 Å². The zero-order valence-electron chi connectivity index (χ0n) is 4.80. The summed E-state index contributed by atoms with van der Waals surface area (Å²) in [6.45, 7) is 1.74. The predicted molar refractivity (Wildman–Crippen MR) is 38.1 cm³/mol. The summed E-state index contributed by atoms with van der Waals surface area (Å²) in [5.74, 6) is 0. The van der Waals surface area contributed by atoms with Gasteiger partial charge in [0.15, 0.2) is 0 Å². The van der Waals surface area contributed by atoms with Crippen LogP contribution in [0.15, 0.2) is 11.1 Å². The fraction of sp³-hybridized carbons (Fsp3) is 0.600. The Hall–Kier alpha value is 0.370. The van der Waals surface area contributed by atoms with Gasteiger partial charge in [-0.2, -0.15) is 8.78 Å². The SMILES string of the molecule is CCC=C(Cl)C(F)(F)Br. The van der Waals surface area contributed by atoms with E-state index < -0.39 is 9.86 Å². The molecule has 0 spiro atoms. The summed E-state index contributed by atoms with van der Waals surface area (Å²) >= 11 is 7.23. The van der Waals surface area contributed by atoms with Crippen molar-refractivity contribution in [2.75, 3.05) is 0 Å². The summed E-state index contributed by atoms with van der Waals surface area (Å²) in [5.41, 5.74) is 0. The van der Waals surface area contributed by atoms with Crippen molar-refractivity contribution < 1.29 is 8.78 Å². The van der Waals surface area contributed by atoms with Crippen LogP contribution in [0.25, 0.3) is 0 Å². The van der Waals surface area contributed by atoms with Gasteiger partial charge in [-0.1, -0.05) is 24.6 Å². The minimum absolute atomic E-state index is 0.454. The number of halogens is 4. The van der Waals surface area contributed by atoms with Gasteiger partial charge in [0.25, 0.3) is 0 Å². The Morgan fingerprint density at radius 3 is 2.33 bits per heavy atom. The van der Waals surface area contributed by atoms with Crippen LogP contribution in [-0.4, -0.2) is 4.83 Å². The second kappa shape index (κ2) is 3.52. The molecule has 0 atom stereocenters. The van der Waals surface area contributed by atoms with Gasteiger partial charge >= 0.3 is 4.83 Å². The standard InChI is InChI=1S/C5H6BrClF2/c1-2-3-4(7)5(6,8)9/h3H,2H2,1H3. The van der Waals surface area contributed by atoms with Crippen LogP contribution in [0.5, 0.6) is 0 Å². The van der Waals surface area contributed by atoms with Gasteiger partial charge < -0.3 is 0 Å². The molecule has 0 aliphatic heterocycles. The molecule has 0 aromatic carbocycles. The van der Waals surface area contributed by atoms with Crippen LogP contribution in [-0.2, 0) is 0 Å². The van der Waals surface area contributed by atoms with Crippen molar-refractivity contribution in [3.05, 3.63) is 11.1 Å². The molecule has 0 bridgehead atoms. The van der Waals surface area contributed by atoms with Crippen LogP contribution >= 0.6 is 27.5 Å². The third kappa shape index (κ3) is 3.87. The second-order valence-electron chi connectivity index (χ2n) is 1.46. The minimum atomic E-state index is -3.05. The first-order valence-corrected chi connectivity index (χ1v) is 3.58. The summed E-state index contributed by atoms with van der Waals surface area (Å²) in [6.07, 6.45) is 1.77. The van der Waals surface area contributed by atoms with Crippen molar-refractivity contribution >= 4 is 27.5 Å². The van der Waals surface area contributed by atoms with E-state index in [1.165, 1.54) is 6.08 Å². The lowest BCUT2D eigenvalue weighted by Gasteiger charge is -2.04. The number of rotatable bonds is 2. The molecule has 0 aromatic heterocycles. The topological polar surface area (TPSA) is 0 Å². The lowest BCUT2D eigenvalue weighted by Crippen LogP contribution is -2.03. The Labute approximate surface area is 66.0 Å². The quantitative estimate of drug-likeness (QED) is 0.624. The average molecular weight is 219 g/mol. The molecule has 0 nitrogen and oxygen atoms in total. The van der Waals surface area contributed by atoms with Crippen LogP contribution in [0.1, 0.15) is 13.3 Å². The second-order valence-corrected chi connectivity index (χ2v) is 2.86. The molecule has 4 heteroatoms. The number of allylic oxidation sites excluding steroid dienone is 2. The van der Waals surface area contributed by atoms with Gasteiger partial charge in [-0.3, -0.25) is 0 Å². The van der Waals surface area contributed by atoms with Crippen molar-refractivity contribution in [2.24, 2.45) is 0 Å². The van der Waals surface area contributed by atoms with Crippen LogP contribution in [0, 0.1) is 0 Å². The number of hydrogen-bond acceptors (Lipinski definition) is 0. The summed E-state index contributed by atoms with van der Waals surface area (Å²) < 4.78 is 24.0. The molecule has 0 N–H and O–H groups in total. The smallest absolute Gasteiger partial charge is 0.187 e. The molecular weight excluding hydrogens is 213 g/mol. The van der Waals surface area contributed by atoms with E-state index in [2.05, 4.69) is 15.9 Å². The van der Waals surface area contributed by atoms with Crippen molar-refractivity contribution in [1.29, 1.82) is 0 Å². The van der Waals surface area contributed by atoms with Crippen LogP contribution < -0.4 is 0 Å². The summed E-state index contributed by atoms with van der Waals surface area (Å²) in [4.78, 5) is -3.05. The molecule has 9 heavy (non-hydrogen) atoms. The van der Waals surface area contributed by atoms with Gasteiger partial charge in [0.05, 0.1) is 5.03 Å². The maximum absolute atomic E-state index is 12.0. The zero-order chi connectivity index (χ0) is 7.49. The van der Waals surface area contributed by atoms with E-state index in [1.807, 2.05) is 0 Å². The fourth-order valence-corrected chi connectivity index (χ4v) is 0.611. The van der Waals surface area contributed by atoms with E-state index in [1.54, 1.807) is 6.92 Å². The fourth-order valence-electron chi connectivity index (χ4n) is 0.295. The van der Waals surface area contributed by atoms with E-state index >= 15 is 0 Å². The Kier molecular flexibility index (Phi) is 3.66.